The average molecular weight is 394 g/mol. The summed E-state index contributed by atoms with van der Waals surface area (Å²) < 4.78 is 0. The second kappa shape index (κ2) is 9.93. The summed E-state index contributed by atoms with van der Waals surface area (Å²) in [5.74, 6) is -0.130. The lowest BCUT2D eigenvalue weighted by Gasteiger charge is -2.36. The van der Waals surface area contributed by atoms with E-state index in [1.165, 1.54) is 18.2 Å². The standard InChI is InChI=1S/C22H26N4O3/c1-24(22(27)10-9-18-6-2-3-8-21(18)26(28)29)20-12-16-25(17-13-20)15-11-19-7-4-5-14-23-19/h2-10,14,20H,11-13,15-17H2,1H3. The summed E-state index contributed by atoms with van der Waals surface area (Å²) in [6.45, 7) is 2.87. The number of hydrogen-bond acceptors (Lipinski definition) is 5. The number of likely N-dealkylation sites (tertiary alicyclic amines) is 1. The molecule has 1 fully saturated rings. The van der Waals surface area contributed by atoms with Gasteiger partial charge in [0.15, 0.2) is 0 Å². The largest absolute Gasteiger partial charge is 0.339 e. The maximum absolute atomic E-state index is 12.5. The van der Waals surface area contributed by atoms with Gasteiger partial charge in [0.2, 0.25) is 5.91 Å². The molecule has 1 saturated heterocycles. The number of para-hydroxylation sites is 1. The van der Waals surface area contributed by atoms with Crippen LogP contribution in [0.2, 0.25) is 0 Å². The topological polar surface area (TPSA) is 79.6 Å². The molecule has 0 radical (unpaired) electrons. The van der Waals surface area contributed by atoms with Gasteiger partial charge in [0.1, 0.15) is 0 Å². The van der Waals surface area contributed by atoms with E-state index >= 15 is 0 Å². The number of nitro groups is 1. The number of hydrogen-bond donors (Lipinski definition) is 0. The highest BCUT2D eigenvalue weighted by Gasteiger charge is 2.24. The zero-order chi connectivity index (χ0) is 20.6. The van der Waals surface area contributed by atoms with Gasteiger partial charge in [0, 0.05) is 63.2 Å². The Morgan fingerprint density at radius 3 is 2.66 bits per heavy atom. The predicted octanol–water partition coefficient (Wildman–Crippen LogP) is 3.17. The first-order valence-electron chi connectivity index (χ1n) is 9.85. The molecule has 1 aliphatic heterocycles. The van der Waals surface area contributed by atoms with E-state index in [0.29, 0.717) is 5.56 Å². The highest BCUT2D eigenvalue weighted by molar-refractivity contribution is 5.92. The monoisotopic (exact) mass is 394 g/mol. The molecule has 2 aromatic rings. The quantitative estimate of drug-likeness (QED) is 0.409. The van der Waals surface area contributed by atoms with Crippen molar-refractivity contribution in [2.75, 3.05) is 26.7 Å². The lowest BCUT2D eigenvalue weighted by Crippen LogP contribution is -2.45. The molecule has 0 aliphatic carbocycles. The Kier molecular flexibility index (Phi) is 7.08. The van der Waals surface area contributed by atoms with Gasteiger partial charge in [-0.3, -0.25) is 19.9 Å². The molecule has 7 heteroatoms. The lowest BCUT2D eigenvalue weighted by atomic mass is 10.0. The first kappa shape index (κ1) is 20.7. The second-order valence-corrected chi connectivity index (χ2v) is 7.24. The number of likely N-dealkylation sites (N-methyl/N-ethyl adjacent to an activating group) is 1. The highest BCUT2D eigenvalue weighted by Crippen LogP contribution is 2.20. The van der Waals surface area contributed by atoms with E-state index in [-0.39, 0.29) is 17.6 Å². The Morgan fingerprint density at radius 2 is 1.97 bits per heavy atom. The van der Waals surface area contributed by atoms with Crippen molar-refractivity contribution in [3.8, 4) is 0 Å². The average Bonchev–Trinajstić information content (AvgIpc) is 2.76. The molecule has 3 rings (SSSR count). The van der Waals surface area contributed by atoms with Crippen molar-refractivity contribution in [2.24, 2.45) is 0 Å². The third-order valence-corrected chi connectivity index (χ3v) is 5.40. The van der Waals surface area contributed by atoms with Gasteiger partial charge in [-0.25, -0.2) is 0 Å². The second-order valence-electron chi connectivity index (χ2n) is 7.24. The molecule has 1 aromatic carbocycles. The maximum atomic E-state index is 12.5. The van der Waals surface area contributed by atoms with Crippen LogP contribution in [0.3, 0.4) is 0 Å². The number of nitro benzene ring substituents is 1. The van der Waals surface area contributed by atoms with Crippen LogP contribution >= 0.6 is 0 Å². The molecule has 0 N–H and O–H groups in total. The Balaban J connectivity index is 1.49. The van der Waals surface area contributed by atoms with Crippen molar-refractivity contribution in [2.45, 2.75) is 25.3 Å². The summed E-state index contributed by atoms with van der Waals surface area (Å²) in [4.78, 5) is 31.7. The van der Waals surface area contributed by atoms with Crippen molar-refractivity contribution >= 4 is 17.7 Å². The minimum absolute atomic E-state index is 0.000386. The molecule has 29 heavy (non-hydrogen) atoms. The number of carbonyl (C=O) groups excluding carboxylic acids is 1. The summed E-state index contributed by atoms with van der Waals surface area (Å²) in [6.07, 6.45) is 7.54. The van der Waals surface area contributed by atoms with Crippen LogP contribution in [0.1, 0.15) is 24.1 Å². The molecule has 0 unspecified atom stereocenters. The van der Waals surface area contributed by atoms with Gasteiger partial charge in [-0.15, -0.1) is 0 Å². The molecule has 152 valence electrons. The third kappa shape index (κ3) is 5.71. The number of carbonyl (C=O) groups is 1. The van der Waals surface area contributed by atoms with E-state index in [0.717, 1.165) is 44.6 Å². The van der Waals surface area contributed by atoms with Crippen molar-refractivity contribution in [1.29, 1.82) is 0 Å². The molecule has 1 amide bonds. The Bertz CT molecular complexity index is 861. The SMILES string of the molecule is CN(C(=O)C=Cc1ccccc1[N+](=O)[O-])C1CCN(CCc2ccccn2)CC1. The molecule has 1 aliphatic rings. The van der Waals surface area contributed by atoms with Gasteiger partial charge in [-0.1, -0.05) is 18.2 Å². The number of nitrogens with zero attached hydrogens (tertiary/aromatic N) is 4. The molecular weight excluding hydrogens is 368 g/mol. The van der Waals surface area contributed by atoms with Gasteiger partial charge >= 0.3 is 0 Å². The minimum Gasteiger partial charge on any atom is -0.339 e. The van der Waals surface area contributed by atoms with Crippen molar-refractivity contribution in [3.05, 3.63) is 76.1 Å². The third-order valence-electron chi connectivity index (χ3n) is 5.40. The zero-order valence-corrected chi connectivity index (χ0v) is 16.6. The number of aromatic nitrogens is 1. The Morgan fingerprint density at radius 1 is 1.24 bits per heavy atom. The number of benzene rings is 1. The first-order chi connectivity index (χ1) is 14.0. The number of pyridine rings is 1. The van der Waals surface area contributed by atoms with Crippen LogP contribution in [0, 0.1) is 10.1 Å². The van der Waals surface area contributed by atoms with Crippen LogP contribution in [0.25, 0.3) is 6.08 Å². The van der Waals surface area contributed by atoms with E-state index in [1.54, 1.807) is 30.1 Å². The Labute approximate surface area is 170 Å². The fourth-order valence-electron chi connectivity index (χ4n) is 3.60. The highest BCUT2D eigenvalue weighted by atomic mass is 16.6. The lowest BCUT2D eigenvalue weighted by molar-refractivity contribution is -0.385. The zero-order valence-electron chi connectivity index (χ0n) is 16.6. The summed E-state index contributed by atoms with van der Waals surface area (Å²) in [5, 5.41) is 11.1. The smallest absolute Gasteiger partial charge is 0.276 e. The minimum atomic E-state index is -0.436. The van der Waals surface area contributed by atoms with Crippen LogP contribution in [0.4, 0.5) is 5.69 Å². The van der Waals surface area contributed by atoms with Gasteiger partial charge < -0.3 is 9.80 Å². The molecule has 0 saturated carbocycles. The van der Waals surface area contributed by atoms with Crippen LogP contribution in [0.5, 0.6) is 0 Å². The van der Waals surface area contributed by atoms with E-state index < -0.39 is 4.92 Å². The maximum Gasteiger partial charge on any atom is 0.276 e. The first-order valence-corrected chi connectivity index (χ1v) is 9.85. The molecular formula is C22H26N4O3. The molecule has 0 spiro atoms. The molecule has 7 nitrogen and oxygen atoms in total. The number of piperidine rings is 1. The summed E-state index contributed by atoms with van der Waals surface area (Å²) >= 11 is 0. The molecule has 0 bridgehead atoms. The molecule has 2 heterocycles. The van der Waals surface area contributed by atoms with Gasteiger partial charge in [0.05, 0.1) is 10.5 Å². The Hall–Kier alpha value is -3.06. The van der Waals surface area contributed by atoms with Crippen LogP contribution in [-0.4, -0.2) is 58.3 Å². The molecule has 0 atom stereocenters. The van der Waals surface area contributed by atoms with Crippen LogP contribution in [0.15, 0.2) is 54.7 Å². The van der Waals surface area contributed by atoms with Crippen LogP contribution < -0.4 is 0 Å². The molecule has 1 aromatic heterocycles. The normalized spacial score (nSPS) is 15.5. The number of amides is 1. The van der Waals surface area contributed by atoms with E-state index in [4.69, 9.17) is 0 Å². The van der Waals surface area contributed by atoms with E-state index in [2.05, 4.69) is 9.88 Å². The predicted molar refractivity (Wildman–Crippen MR) is 112 cm³/mol. The summed E-state index contributed by atoms with van der Waals surface area (Å²) in [6, 6.07) is 12.6. The van der Waals surface area contributed by atoms with E-state index in [1.807, 2.05) is 24.4 Å². The van der Waals surface area contributed by atoms with Gasteiger partial charge in [-0.2, -0.15) is 0 Å². The van der Waals surface area contributed by atoms with Gasteiger partial charge in [0.25, 0.3) is 5.69 Å². The van der Waals surface area contributed by atoms with E-state index in [9.17, 15) is 14.9 Å². The van der Waals surface area contributed by atoms with Crippen molar-refractivity contribution in [3.63, 3.8) is 0 Å². The fourth-order valence-corrected chi connectivity index (χ4v) is 3.60. The van der Waals surface area contributed by atoms with Crippen LogP contribution in [-0.2, 0) is 11.2 Å². The number of rotatable bonds is 7. The summed E-state index contributed by atoms with van der Waals surface area (Å²) in [7, 11) is 1.81. The fraction of sp³-hybridized carbons (Fsp3) is 0.364. The van der Waals surface area contributed by atoms with Crippen molar-refractivity contribution in [1.82, 2.24) is 14.8 Å². The van der Waals surface area contributed by atoms with Crippen molar-refractivity contribution < 1.29 is 9.72 Å². The summed E-state index contributed by atoms with van der Waals surface area (Å²) in [5.41, 5.74) is 1.53. The van der Waals surface area contributed by atoms with Gasteiger partial charge in [-0.05, 0) is 37.1 Å².